The number of nitrogens with zero attached hydrogens (tertiary/aromatic N) is 2. The molecule has 8 heteroatoms. The maximum absolute atomic E-state index is 12.8. The van der Waals surface area contributed by atoms with Crippen LogP contribution in [0, 0.1) is 20.8 Å². The van der Waals surface area contributed by atoms with Gasteiger partial charge >= 0.3 is 0 Å². The molecule has 0 bridgehead atoms. The van der Waals surface area contributed by atoms with Gasteiger partial charge in [-0.15, -0.1) is 11.3 Å². The molecule has 0 unspecified atom stereocenters. The second kappa shape index (κ2) is 6.61. The van der Waals surface area contributed by atoms with Crippen LogP contribution in [0.2, 0.25) is 0 Å². The van der Waals surface area contributed by atoms with Crippen LogP contribution < -0.4 is 4.72 Å². The molecule has 0 aliphatic heterocycles. The minimum atomic E-state index is -3.69. The predicted molar refractivity (Wildman–Crippen MR) is 98.5 cm³/mol. The van der Waals surface area contributed by atoms with Gasteiger partial charge in [-0.3, -0.25) is 4.72 Å². The van der Waals surface area contributed by atoms with E-state index in [1.807, 2.05) is 32.9 Å². The molecule has 3 rings (SSSR count). The number of aryl methyl sites for hydroxylation is 4. The largest absolute Gasteiger partial charge is 0.339 e. The van der Waals surface area contributed by atoms with E-state index in [0.717, 1.165) is 11.1 Å². The van der Waals surface area contributed by atoms with E-state index in [1.165, 1.54) is 11.3 Å². The summed E-state index contributed by atoms with van der Waals surface area (Å²) < 4.78 is 33.3. The van der Waals surface area contributed by atoms with Crippen molar-refractivity contribution in [3.8, 4) is 10.7 Å². The maximum atomic E-state index is 12.8. The molecule has 0 fully saturated rings. The van der Waals surface area contributed by atoms with Crippen LogP contribution in [0.5, 0.6) is 0 Å². The van der Waals surface area contributed by atoms with E-state index < -0.39 is 10.0 Å². The van der Waals surface area contributed by atoms with Crippen molar-refractivity contribution in [1.29, 1.82) is 0 Å². The topological polar surface area (TPSA) is 85.1 Å². The average molecular weight is 377 g/mol. The quantitative estimate of drug-likeness (QED) is 0.724. The summed E-state index contributed by atoms with van der Waals surface area (Å²) in [6.07, 6.45) is 0.636. The fourth-order valence-corrected chi connectivity index (χ4v) is 4.92. The molecule has 0 amide bonds. The first-order valence-corrected chi connectivity index (χ1v) is 10.1. The summed E-state index contributed by atoms with van der Waals surface area (Å²) in [4.78, 5) is 5.83. The Bertz CT molecular complexity index is 1020. The Morgan fingerprint density at radius 3 is 2.56 bits per heavy atom. The molecule has 2 heterocycles. The summed E-state index contributed by atoms with van der Waals surface area (Å²) in [6, 6.07) is 7.07. The zero-order valence-electron chi connectivity index (χ0n) is 14.5. The number of aromatic nitrogens is 2. The third kappa shape index (κ3) is 3.59. The van der Waals surface area contributed by atoms with Crippen molar-refractivity contribution in [1.82, 2.24) is 10.1 Å². The highest BCUT2D eigenvalue weighted by Crippen LogP contribution is 2.33. The lowest BCUT2D eigenvalue weighted by Gasteiger charge is -2.09. The highest BCUT2D eigenvalue weighted by atomic mass is 32.2. The van der Waals surface area contributed by atoms with Crippen molar-refractivity contribution in [3.05, 3.63) is 46.2 Å². The molecule has 0 aliphatic rings. The monoisotopic (exact) mass is 377 g/mol. The smallest absolute Gasteiger partial charge is 0.263 e. The van der Waals surface area contributed by atoms with Gasteiger partial charge in [0.2, 0.25) is 11.7 Å². The molecule has 0 saturated carbocycles. The Morgan fingerprint density at radius 1 is 1.16 bits per heavy atom. The predicted octanol–water partition coefficient (Wildman–Crippen LogP) is 4.09. The van der Waals surface area contributed by atoms with Crippen LogP contribution in [0.25, 0.3) is 10.7 Å². The van der Waals surface area contributed by atoms with Crippen molar-refractivity contribution < 1.29 is 12.9 Å². The lowest BCUT2D eigenvalue weighted by Crippen LogP contribution is -2.13. The van der Waals surface area contributed by atoms with Crippen LogP contribution in [0.3, 0.4) is 0 Å². The van der Waals surface area contributed by atoms with E-state index in [0.29, 0.717) is 33.6 Å². The van der Waals surface area contributed by atoms with Gasteiger partial charge in [0, 0.05) is 17.0 Å². The average Bonchev–Trinajstić information content (AvgIpc) is 3.17. The Morgan fingerprint density at radius 2 is 1.92 bits per heavy atom. The molecular formula is C17H19N3O3S2. The molecule has 6 nitrogen and oxygen atoms in total. The Labute approximate surface area is 151 Å². The molecule has 1 aromatic carbocycles. The van der Waals surface area contributed by atoms with Gasteiger partial charge in [0.25, 0.3) is 10.0 Å². The number of hydrogen-bond acceptors (Lipinski definition) is 6. The fourth-order valence-electron chi connectivity index (χ4n) is 2.36. The van der Waals surface area contributed by atoms with Gasteiger partial charge in [-0.05, 0) is 50.1 Å². The Kier molecular flexibility index (Phi) is 4.66. The summed E-state index contributed by atoms with van der Waals surface area (Å²) in [5.74, 6) is 0.941. The van der Waals surface area contributed by atoms with Gasteiger partial charge in [0.1, 0.15) is 4.90 Å². The molecule has 0 aliphatic carbocycles. The van der Waals surface area contributed by atoms with Gasteiger partial charge in [0.05, 0.1) is 4.88 Å². The highest BCUT2D eigenvalue weighted by molar-refractivity contribution is 7.93. The van der Waals surface area contributed by atoms with Crippen LogP contribution in [0.15, 0.2) is 33.7 Å². The first kappa shape index (κ1) is 17.6. The number of hydrogen-bond donors (Lipinski definition) is 1. The van der Waals surface area contributed by atoms with Gasteiger partial charge in [-0.1, -0.05) is 18.1 Å². The summed E-state index contributed by atoms with van der Waals surface area (Å²) in [6.45, 7) is 7.62. The lowest BCUT2D eigenvalue weighted by atomic mass is 10.1. The third-order valence-corrected chi connectivity index (χ3v) is 6.59. The van der Waals surface area contributed by atoms with E-state index >= 15 is 0 Å². The van der Waals surface area contributed by atoms with Gasteiger partial charge < -0.3 is 4.52 Å². The van der Waals surface area contributed by atoms with Crippen LogP contribution in [-0.2, 0) is 16.4 Å². The zero-order valence-corrected chi connectivity index (χ0v) is 16.1. The standard InChI is InChI=1S/C17H19N3O3S2/c1-5-16-18-17(19-23-16)14-9-15(12(4)24-14)25(21,22)20-13-7-6-10(2)11(3)8-13/h6-9,20H,5H2,1-4H3. The number of thiophene rings is 1. The van der Waals surface area contributed by atoms with E-state index in [-0.39, 0.29) is 4.90 Å². The molecule has 0 atom stereocenters. The molecule has 0 saturated heterocycles. The minimum Gasteiger partial charge on any atom is -0.339 e. The molecule has 2 aromatic heterocycles. The molecule has 3 aromatic rings. The summed E-state index contributed by atoms with van der Waals surface area (Å²) >= 11 is 1.33. The second-order valence-electron chi connectivity index (χ2n) is 5.80. The molecule has 25 heavy (non-hydrogen) atoms. The van der Waals surface area contributed by atoms with Crippen molar-refractivity contribution >= 4 is 27.0 Å². The van der Waals surface area contributed by atoms with Crippen molar-refractivity contribution in [3.63, 3.8) is 0 Å². The zero-order chi connectivity index (χ0) is 18.2. The van der Waals surface area contributed by atoms with Crippen LogP contribution in [-0.4, -0.2) is 18.6 Å². The third-order valence-electron chi connectivity index (χ3n) is 3.91. The normalized spacial score (nSPS) is 11.7. The Balaban J connectivity index is 1.93. The molecule has 0 spiro atoms. The van der Waals surface area contributed by atoms with Crippen LogP contribution >= 0.6 is 11.3 Å². The van der Waals surface area contributed by atoms with Crippen LogP contribution in [0.1, 0.15) is 28.8 Å². The van der Waals surface area contributed by atoms with E-state index in [4.69, 9.17) is 4.52 Å². The summed E-state index contributed by atoms with van der Waals surface area (Å²) in [7, 11) is -3.69. The van der Waals surface area contributed by atoms with Crippen molar-refractivity contribution in [2.45, 2.75) is 39.0 Å². The number of anilines is 1. The van der Waals surface area contributed by atoms with E-state index in [9.17, 15) is 8.42 Å². The van der Waals surface area contributed by atoms with Gasteiger partial charge in [-0.25, -0.2) is 8.42 Å². The molecular weight excluding hydrogens is 358 g/mol. The molecule has 1 N–H and O–H groups in total. The van der Waals surface area contributed by atoms with Gasteiger partial charge in [-0.2, -0.15) is 4.98 Å². The number of benzene rings is 1. The van der Waals surface area contributed by atoms with Crippen molar-refractivity contribution in [2.75, 3.05) is 4.72 Å². The first-order valence-electron chi connectivity index (χ1n) is 7.83. The summed E-state index contributed by atoms with van der Waals surface area (Å²) in [5, 5.41) is 3.91. The first-order chi connectivity index (χ1) is 11.8. The fraction of sp³-hybridized carbons (Fsp3) is 0.294. The Hall–Kier alpha value is -2.19. The van der Waals surface area contributed by atoms with Gasteiger partial charge in [0.15, 0.2) is 0 Å². The molecule has 0 radical (unpaired) electrons. The number of rotatable bonds is 5. The molecule has 132 valence electrons. The number of sulfonamides is 1. The van der Waals surface area contributed by atoms with E-state index in [1.54, 1.807) is 19.1 Å². The maximum Gasteiger partial charge on any atom is 0.263 e. The SMILES string of the molecule is CCc1nc(-c2cc(S(=O)(=O)Nc3ccc(C)c(C)c3)c(C)s2)no1. The lowest BCUT2D eigenvalue weighted by molar-refractivity contribution is 0.383. The highest BCUT2D eigenvalue weighted by Gasteiger charge is 2.22. The number of nitrogens with one attached hydrogen (secondary N) is 1. The van der Waals surface area contributed by atoms with E-state index in [2.05, 4.69) is 14.9 Å². The van der Waals surface area contributed by atoms with Crippen molar-refractivity contribution in [2.24, 2.45) is 0 Å². The minimum absolute atomic E-state index is 0.230. The second-order valence-corrected chi connectivity index (χ2v) is 8.71. The van der Waals surface area contributed by atoms with Crippen LogP contribution in [0.4, 0.5) is 5.69 Å². The summed E-state index contributed by atoms with van der Waals surface area (Å²) in [5.41, 5.74) is 2.69.